The molecular weight excluding hydrogens is 400 g/mol. The Morgan fingerprint density at radius 3 is 2.57 bits per heavy atom. The highest BCUT2D eigenvalue weighted by Crippen LogP contribution is 2.48. The van der Waals surface area contributed by atoms with E-state index in [1.54, 1.807) is 7.11 Å². The zero-order valence-electron chi connectivity index (χ0n) is 17.3. The van der Waals surface area contributed by atoms with Crippen molar-refractivity contribution in [3.05, 3.63) is 0 Å². The number of ether oxygens (including phenoxy) is 2. The lowest BCUT2D eigenvalue weighted by Crippen LogP contribution is -2.33. The van der Waals surface area contributed by atoms with Gasteiger partial charge in [-0.25, -0.2) is 0 Å². The number of amides is 1. The van der Waals surface area contributed by atoms with Gasteiger partial charge in [0.25, 0.3) is 0 Å². The van der Waals surface area contributed by atoms with E-state index in [9.17, 15) is 9.69 Å². The van der Waals surface area contributed by atoms with Crippen LogP contribution in [0.4, 0.5) is 0 Å². The van der Waals surface area contributed by atoms with Gasteiger partial charge >= 0.3 is 6.72 Å². The molecule has 10 heteroatoms. The molecule has 0 bridgehead atoms. The van der Waals surface area contributed by atoms with Crippen molar-refractivity contribution in [1.29, 1.82) is 0 Å². The number of carbonyl (C=O) groups excluding carboxylic acids is 1. The second-order valence-electron chi connectivity index (χ2n) is 7.14. The van der Waals surface area contributed by atoms with Gasteiger partial charge in [0.05, 0.1) is 6.61 Å². The van der Waals surface area contributed by atoms with E-state index in [0.29, 0.717) is 13.0 Å². The molecule has 1 fully saturated rings. The average molecular weight is 435 g/mol. The molecule has 5 atom stereocenters. The summed E-state index contributed by atoms with van der Waals surface area (Å²) in [4.78, 5) is 21.4. The van der Waals surface area contributed by atoms with Crippen LogP contribution in [0.1, 0.15) is 58.3 Å². The van der Waals surface area contributed by atoms with Gasteiger partial charge in [-0.15, -0.1) is 0 Å². The highest BCUT2D eigenvalue weighted by molar-refractivity contribution is 8.07. The van der Waals surface area contributed by atoms with Crippen molar-refractivity contribution >= 4 is 32.3 Å². The van der Waals surface area contributed by atoms with E-state index in [-0.39, 0.29) is 17.9 Å². The van der Waals surface area contributed by atoms with Crippen LogP contribution in [0.25, 0.3) is 0 Å². The van der Waals surface area contributed by atoms with Crippen LogP contribution in [0, 0.1) is 5.92 Å². The van der Waals surface area contributed by atoms with Crippen LogP contribution in [-0.2, 0) is 35.1 Å². The van der Waals surface area contributed by atoms with Gasteiger partial charge in [-0.05, 0) is 31.1 Å². The fourth-order valence-electron chi connectivity index (χ4n) is 3.39. The Morgan fingerprint density at radius 2 is 1.93 bits per heavy atom. The monoisotopic (exact) mass is 435 g/mol. The molecule has 2 radical (unpaired) electrons. The third-order valence-electron chi connectivity index (χ3n) is 4.87. The number of hydrogen-bond acceptors (Lipinski definition) is 6. The van der Waals surface area contributed by atoms with Crippen LogP contribution in [0.3, 0.4) is 0 Å². The topological polar surface area (TPSA) is 86.2 Å². The van der Waals surface area contributed by atoms with Crippen LogP contribution in [0.15, 0.2) is 0 Å². The Balaban J connectivity index is 2.33. The van der Waals surface area contributed by atoms with E-state index in [4.69, 9.17) is 38.2 Å². The minimum Gasteiger partial charge on any atom is -0.382 e. The second kappa shape index (κ2) is 14.1. The first-order chi connectivity index (χ1) is 13.3. The molecule has 1 aliphatic rings. The molecule has 2 unspecified atom stereocenters. The Kier molecular flexibility index (Phi) is 13.1. The van der Waals surface area contributed by atoms with E-state index in [2.05, 4.69) is 5.32 Å². The van der Waals surface area contributed by atoms with Crippen LogP contribution in [-0.4, -0.2) is 64.2 Å². The number of hydrogen-bond donors (Lipinski definition) is 2. The average Bonchev–Trinajstić information content (AvgIpc) is 2.92. The Hall–Kier alpha value is -0.0151. The van der Waals surface area contributed by atoms with Gasteiger partial charge in [0.2, 0.25) is 5.91 Å². The van der Waals surface area contributed by atoms with Crippen molar-refractivity contribution < 1.29 is 28.2 Å². The number of rotatable bonds is 15. The van der Waals surface area contributed by atoms with Crippen molar-refractivity contribution in [3.63, 3.8) is 0 Å². The number of carbonyl (C=O) groups is 1. The van der Waals surface area contributed by atoms with E-state index in [1.807, 2.05) is 6.92 Å². The Bertz CT molecular complexity index is 501. The fourth-order valence-corrected chi connectivity index (χ4v) is 4.38. The third-order valence-corrected chi connectivity index (χ3v) is 6.55. The van der Waals surface area contributed by atoms with Gasteiger partial charge in [0.15, 0.2) is 0 Å². The summed E-state index contributed by atoms with van der Waals surface area (Å²) in [5.41, 5.74) is 0. The SMILES string of the molecule is [B][C@@H]1O[C@H](COC)C(OP(O)(=S)OC)[C@@H]1CCCCCCCNC(=O)CCC. The maximum atomic E-state index is 11.4. The minimum atomic E-state index is -3.31. The summed E-state index contributed by atoms with van der Waals surface area (Å²) in [5, 5.41) is 2.93. The quantitative estimate of drug-likeness (QED) is 0.232. The first-order valence-corrected chi connectivity index (χ1v) is 12.7. The molecule has 1 heterocycles. The lowest BCUT2D eigenvalue weighted by molar-refractivity contribution is -0.121. The molecule has 162 valence electrons. The lowest BCUT2D eigenvalue weighted by Gasteiger charge is -2.27. The molecule has 0 saturated carbocycles. The lowest BCUT2D eigenvalue weighted by atomic mass is 9.81. The molecule has 1 saturated heterocycles. The summed E-state index contributed by atoms with van der Waals surface area (Å²) < 4.78 is 21.5. The first-order valence-electron chi connectivity index (χ1n) is 10.1. The Morgan fingerprint density at radius 1 is 1.25 bits per heavy atom. The van der Waals surface area contributed by atoms with Gasteiger partial charge < -0.3 is 28.7 Å². The fraction of sp³-hybridized carbons (Fsp3) is 0.944. The highest BCUT2D eigenvalue weighted by atomic mass is 32.5. The van der Waals surface area contributed by atoms with Crippen molar-refractivity contribution in [1.82, 2.24) is 5.32 Å². The normalized spacial score (nSPS) is 26.9. The van der Waals surface area contributed by atoms with Gasteiger partial charge in [-0.1, -0.05) is 32.6 Å². The molecule has 2 N–H and O–H groups in total. The van der Waals surface area contributed by atoms with Crippen molar-refractivity contribution in [3.8, 4) is 0 Å². The molecule has 1 amide bonds. The van der Waals surface area contributed by atoms with Gasteiger partial charge in [-0.2, -0.15) is 0 Å². The maximum Gasteiger partial charge on any atom is 0.324 e. The molecule has 0 aliphatic carbocycles. The van der Waals surface area contributed by atoms with Gasteiger partial charge in [0.1, 0.15) is 20.1 Å². The van der Waals surface area contributed by atoms with Crippen molar-refractivity contribution in [2.24, 2.45) is 5.92 Å². The zero-order valence-corrected chi connectivity index (χ0v) is 19.0. The predicted molar refractivity (Wildman–Crippen MR) is 114 cm³/mol. The highest BCUT2D eigenvalue weighted by Gasteiger charge is 2.44. The van der Waals surface area contributed by atoms with E-state index in [1.165, 1.54) is 7.11 Å². The molecule has 0 spiro atoms. The molecule has 0 aromatic rings. The maximum absolute atomic E-state index is 11.4. The summed E-state index contributed by atoms with van der Waals surface area (Å²) in [7, 11) is 9.06. The molecule has 7 nitrogen and oxygen atoms in total. The summed E-state index contributed by atoms with van der Waals surface area (Å²) in [5.74, 6) is 0.0630. The summed E-state index contributed by atoms with van der Waals surface area (Å²) >= 11 is 4.99. The van der Waals surface area contributed by atoms with E-state index < -0.39 is 18.8 Å². The van der Waals surface area contributed by atoms with Crippen LogP contribution >= 0.6 is 6.72 Å². The second-order valence-corrected chi connectivity index (χ2v) is 10.0. The standard InChI is InChI=1S/C18H35BNO6PS/c1-4-10-16(21)20-12-9-7-5-6-8-11-14-17(26-27(22,28)24-3)15(13-23-2)25-18(14)19/h14-15,17-18H,4-13H2,1-3H3,(H,20,21)(H,22,28)/t14-,15+,17?,18+,27?/m0/s1. The largest absolute Gasteiger partial charge is 0.382 e. The zero-order chi connectivity index (χ0) is 21.0. The molecule has 28 heavy (non-hydrogen) atoms. The first kappa shape index (κ1) is 26.0. The summed E-state index contributed by atoms with van der Waals surface area (Å²) in [6.07, 6.45) is 6.67. The molecule has 0 aromatic heterocycles. The smallest absolute Gasteiger partial charge is 0.324 e. The minimum absolute atomic E-state index is 0.0712. The molecule has 0 aromatic carbocycles. The number of nitrogens with one attached hydrogen (secondary N) is 1. The molecular formula is C18H35BNO6PS. The van der Waals surface area contributed by atoms with Gasteiger partial charge in [-0.3, -0.25) is 4.79 Å². The van der Waals surface area contributed by atoms with Crippen molar-refractivity contribution in [2.45, 2.75) is 76.5 Å². The third kappa shape index (κ3) is 9.66. The molecule has 1 rings (SSSR count). The Labute approximate surface area is 175 Å². The summed E-state index contributed by atoms with van der Waals surface area (Å²) in [6.45, 7) is -0.250. The van der Waals surface area contributed by atoms with E-state index in [0.717, 1.165) is 51.5 Å². The number of unbranched alkanes of at least 4 members (excludes halogenated alkanes) is 4. The van der Waals surface area contributed by atoms with Crippen LogP contribution < -0.4 is 5.32 Å². The van der Waals surface area contributed by atoms with Crippen LogP contribution in [0.5, 0.6) is 0 Å². The molecule has 1 aliphatic heterocycles. The summed E-state index contributed by atoms with van der Waals surface area (Å²) in [6, 6.07) is -0.481. The van der Waals surface area contributed by atoms with Crippen molar-refractivity contribution in [2.75, 3.05) is 27.4 Å². The predicted octanol–water partition coefficient (Wildman–Crippen LogP) is 2.65. The van der Waals surface area contributed by atoms with Gasteiger partial charge in [0, 0.05) is 39.1 Å². The number of methoxy groups -OCH3 is 1. The van der Waals surface area contributed by atoms with E-state index >= 15 is 0 Å². The van der Waals surface area contributed by atoms with Crippen LogP contribution in [0.2, 0.25) is 0 Å².